The van der Waals surface area contributed by atoms with Crippen molar-refractivity contribution in [2.75, 3.05) is 13.1 Å². The van der Waals surface area contributed by atoms with Crippen molar-refractivity contribution in [3.63, 3.8) is 0 Å². The van der Waals surface area contributed by atoms with Gasteiger partial charge in [-0.2, -0.15) is 0 Å². The zero-order valence-corrected chi connectivity index (χ0v) is 9.30. The van der Waals surface area contributed by atoms with E-state index < -0.39 is 0 Å². The Kier molecular flexibility index (Phi) is 4.37. The fourth-order valence-electron chi connectivity index (χ4n) is 1.42. The average molecular weight is 210 g/mol. The Bertz CT molecular complexity index is 331. The van der Waals surface area contributed by atoms with E-state index in [1.54, 1.807) is 13.0 Å². The molecule has 1 rings (SSSR count). The van der Waals surface area contributed by atoms with Crippen LogP contribution in [0.25, 0.3) is 0 Å². The summed E-state index contributed by atoms with van der Waals surface area (Å²) in [7, 11) is 0. The second-order valence-corrected chi connectivity index (χ2v) is 3.58. The summed E-state index contributed by atoms with van der Waals surface area (Å²) in [6, 6.07) is 1.76. The van der Waals surface area contributed by atoms with Gasteiger partial charge < -0.3 is 15.5 Å². The lowest BCUT2D eigenvalue weighted by atomic mass is 10.2. The van der Waals surface area contributed by atoms with Crippen molar-refractivity contribution in [3.8, 4) is 0 Å². The van der Waals surface area contributed by atoms with Crippen molar-refractivity contribution in [1.29, 1.82) is 0 Å². The summed E-state index contributed by atoms with van der Waals surface area (Å²) in [5.41, 5.74) is 5.98. The Morgan fingerprint density at radius 3 is 2.73 bits per heavy atom. The van der Waals surface area contributed by atoms with Crippen LogP contribution in [-0.2, 0) is 0 Å². The zero-order chi connectivity index (χ0) is 11.3. The van der Waals surface area contributed by atoms with E-state index in [1.807, 2.05) is 6.92 Å². The number of aryl methyl sites for hydroxylation is 2. The Morgan fingerprint density at radius 1 is 1.47 bits per heavy atom. The van der Waals surface area contributed by atoms with Crippen LogP contribution < -0.4 is 11.1 Å². The average Bonchev–Trinajstić information content (AvgIpc) is 2.52. The second-order valence-electron chi connectivity index (χ2n) is 3.58. The van der Waals surface area contributed by atoms with Gasteiger partial charge >= 0.3 is 0 Å². The molecule has 0 saturated carbocycles. The molecule has 0 radical (unpaired) electrons. The standard InChI is InChI=1S/C11H18N2O2/c1-8-7-10(9(2)15-8)11(14)13-6-4-3-5-12/h7H,3-6,12H2,1-2H3,(H,13,14). The molecule has 15 heavy (non-hydrogen) atoms. The second kappa shape index (κ2) is 5.56. The van der Waals surface area contributed by atoms with Gasteiger partial charge in [0.2, 0.25) is 0 Å². The molecule has 0 aliphatic carbocycles. The van der Waals surface area contributed by atoms with Crippen LogP contribution >= 0.6 is 0 Å². The van der Waals surface area contributed by atoms with E-state index >= 15 is 0 Å². The van der Waals surface area contributed by atoms with E-state index in [4.69, 9.17) is 10.2 Å². The highest BCUT2D eigenvalue weighted by Crippen LogP contribution is 2.13. The van der Waals surface area contributed by atoms with E-state index in [0.717, 1.165) is 18.6 Å². The van der Waals surface area contributed by atoms with E-state index in [-0.39, 0.29) is 5.91 Å². The van der Waals surface area contributed by atoms with Gasteiger partial charge in [0.1, 0.15) is 11.5 Å². The van der Waals surface area contributed by atoms with E-state index in [2.05, 4.69) is 5.32 Å². The first kappa shape index (κ1) is 11.8. The lowest BCUT2D eigenvalue weighted by Gasteiger charge is -2.02. The van der Waals surface area contributed by atoms with Crippen molar-refractivity contribution in [2.45, 2.75) is 26.7 Å². The number of rotatable bonds is 5. The van der Waals surface area contributed by atoms with Gasteiger partial charge in [-0.1, -0.05) is 0 Å². The molecule has 0 bridgehead atoms. The monoisotopic (exact) mass is 210 g/mol. The number of unbranched alkanes of at least 4 members (excludes halogenated alkanes) is 1. The first-order chi connectivity index (χ1) is 7.15. The van der Waals surface area contributed by atoms with Gasteiger partial charge in [0.05, 0.1) is 5.56 Å². The summed E-state index contributed by atoms with van der Waals surface area (Å²) >= 11 is 0. The summed E-state index contributed by atoms with van der Waals surface area (Å²) in [6.45, 7) is 4.96. The Labute approximate surface area is 89.8 Å². The first-order valence-electron chi connectivity index (χ1n) is 5.20. The molecule has 0 atom stereocenters. The third-order valence-corrected chi connectivity index (χ3v) is 2.20. The number of carbonyl (C=O) groups excluding carboxylic acids is 1. The minimum Gasteiger partial charge on any atom is -0.466 e. The highest BCUT2D eigenvalue weighted by Gasteiger charge is 2.12. The third-order valence-electron chi connectivity index (χ3n) is 2.20. The smallest absolute Gasteiger partial charge is 0.254 e. The molecule has 0 unspecified atom stereocenters. The minimum absolute atomic E-state index is 0.0682. The number of nitrogens with two attached hydrogens (primary N) is 1. The maximum absolute atomic E-state index is 11.6. The summed E-state index contributed by atoms with van der Waals surface area (Å²) in [4.78, 5) is 11.6. The molecule has 0 aromatic carbocycles. The molecule has 4 heteroatoms. The molecular formula is C11H18N2O2. The van der Waals surface area contributed by atoms with Crippen molar-refractivity contribution < 1.29 is 9.21 Å². The van der Waals surface area contributed by atoms with Crippen molar-refractivity contribution in [2.24, 2.45) is 5.73 Å². The normalized spacial score (nSPS) is 10.3. The number of furan rings is 1. The topological polar surface area (TPSA) is 68.3 Å². The fourth-order valence-corrected chi connectivity index (χ4v) is 1.42. The van der Waals surface area contributed by atoms with Gasteiger partial charge in [-0.25, -0.2) is 0 Å². The van der Waals surface area contributed by atoms with Crippen LogP contribution in [0.1, 0.15) is 34.7 Å². The van der Waals surface area contributed by atoms with E-state index in [1.165, 1.54) is 0 Å². The van der Waals surface area contributed by atoms with Gasteiger partial charge in [0.25, 0.3) is 5.91 Å². The Hall–Kier alpha value is -1.29. The predicted octanol–water partition coefficient (Wildman–Crippen LogP) is 1.37. The third kappa shape index (κ3) is 3.40. The number of carbonyl (C=O) groups is 1. The molecule has 0 aliphatic heterocycles. The molecule has 0 fully saturated rings. The maximum atomic E-state index is 11.6. The van der Waals surface area contributed by atoms with Crippen molar-refractivity contribution in [3.05, 3.63) is 23.2 Å². The van der Waals surface area contributed by atoms with Crippen LogP contribution in [0.4, 0.5) is 0 Å². The molecule has 0 saturated heterocycles. The summed E-state index contributed by atoms with van der Waals surface area (Å²) in [5, 5.41) is 2.83. The molecular weight excluding hydrogens is 192 g/mol. The van der Waals surface area contributed by atoms with Crippen LogP contribution in [0.3, 0.4) is 0 Å². The van der Waals surface area contributed by atoms with Gasteiger partial charge in [0.15, 0.2) is 0 Å². The predicted molar refractivity (Wildman–Crippen MR) is 58.8 cm³/mol. The molecule has 4 nitrogen and oxygen atoms in total. The number of nitrogens with one attached hydrogen (secondary N) is 1. The van der Waals surface area contributed by atoms with Crippen LogP contribution in [0, 0.1) is 13.8 Å². The van der Waals surface area contributed by atoms with Crippen molar-refractivity contribution in [1.82, 2.24) is 5.32 Å². The Balaban J connectivity index is 2.43. The number of hydrogen-bond acceptors (Lipinski definition) is 3. The molecule has 1 aromatic rings. The van der Waals surface area contributed by atoms with Gasteiger partial charge in [0, 0.05) is 6.54 Å². The van der Waals surface area contributed by atoms with Gasteiger partial charge in [-0.3, -0.25) is 4.79 Å². The molecule has 3 N–H and O–H groups in total. The highest BCUT2D eigenvalue weighted by molar-refractivity contribution is 5.95. The van der Waals surface area contributed by atoms with E-state index in [0.29, 0.717) is 24.4 Å². The van der Waals surface area contributed by atoms with E-state index in [9.17, 15) is 4.79 Å². The molecule has 1 aromatic heterocycles. The SMILES string of the molecule is Cc1cc(C(=O)NCCCCN)c(C)o1. The Morgan fingerprint density at radius 2 is 2.20 bits per heavy atom. The minimum atomic E-state index is -0.0682. The van der Waals surface area contributed by atoms with Crippen molar-refractivity contribution >= 4 is 5.91 Å². The first-order valence-corrected chi connectivity index (χ1v) is 5.20. The molecule has 84 valence electrons. The quantitative estimate of drug-likeness (QED) is 0.721. The van der Waals surface area contributed by atoms with Gasteiger partial charge in [-0.05, 0) is 39.3 Å². The summed E-state index contributed by atoms with van der Waals surface area (Å²) in [6.07, 6.45) is 1.85. The van der Waals surface area contributed by atoms with Crippen LogP contribution in [0.15, 0.2) is 10.5 Å². The summed E-state index contributed by atoms with van der Waals surface area (Å²) < 4.78 is 5.28. The lowest BCUT2D eigenvalue weighted by Crippen LogP contribution is -2.25. The number of hydrogen-bond donors (Lipinski definition) is 2. The largest absolute Gasteiger partial charge is 0.466 e. The number of amides is 1. The molecule has 0 spiro atoms. The zero-order valence-electron chi connectivity index (χ0n) is 9.30. The lowest BCUT2D eigenvalue weighted by molar-refractivity contribution is 0.0951. The van der Waals surface area contributed by atoms with Crippen LogP contribution in [0.2, 0.25) is 0 Å². The van der Waals surface area contributed by atoms with Crippen LogP contribution in [0.5, 0.6) is 0 Å². The molecule has 1 heterocycles. The maximum Gasteiger partial charge on any atom is 0.254 e. The molecule has 0 aliphatic rings. The molecule has 1 amide bonds. The van der Waals surface area contributed by atoms with Gasteiger partial charge in [-0.15, -0.1) is 0 Å². The highest BCUT2D eigenvalue weighted by atomic mass is 16.3. The van der Waals surface area contributed by atoms with Crippen LogP contribution in [-0.4, -0.2) is 19.0 Å². The summed E-state index contributed by atoms with van der Waals surface area (Å²) in [5.74, 6) is 1.37. The fraction of sp³-hybridized carbons (Fsp3) is 0.545.